The van der Waals surface area contributed by atoms with Crippen molar-refractivity contribution >= 4 is 5.69 Å². The SMILES string of the molecule is CCCc1ccc(OCc2cc(NCC)ccn2)cc1. The van der Waals surface area contributed by atoms with Crippen LogP contribution in [0.1, 0.15) is 31.5 Å². The number of benzene rings is 1. The van der Waals surface area contributed by atoms with E-state index in [1.165, 1.54) is 12.0 Å². The zero-order valence-electron chi connectivity index (χ0n) is 12.2. The van der Waals surface area contributed by atoms with E-state index in [0.29, 0.717) is 6.61 Å². The molecule has 0 spiro atoms. The molecule has 2 aromatic rings. The Labute approximate surface area is 121 Å². The Bertz CT molecular complexity index is 523. The van der Waals surface area contributed by atoms with Crippen LogP contribution >= 0.6 is 0 Å². The highest BCUT2D eigenvalue weighted by atomic mass is 16.5. The Morgan fingerprint density at radius 3 is 2.60 bits per heavy atom. The Hall–Kier alpha value is -2.03. The Morgan fingerprint density at radius 2 is 1.90 bits per heavy atom. The zero-order chi connectivity index (χ0) is 14.2. The summed E-state index contributed by atoms with van der Waals surface area (Å²) in [6, 6.07) is 12.3. The standard InChI is InChI=1S/C17H22N2O/c1-3-5-14-6-8-17(9-7-14)20-13-16-12-15(18-4-2)10-11-19-16/h6-12H,3-5,13H2,1-2H3,(H,18,19). The summed E-state index contributed by atoms with van der Waals surface area (Å²) in [6.45, 7) is 5.66. The van der Waals surface area contributed by atoms with Crippen molar-refractivity contribution in [2.45, 2.75) is 33.3 Å². The third-order valence-corrected chi connectivity index (χ3v) is 3.05. The van der Waals surface area contributed by atoms with Gasteiger partial charge in [-0.1, -0.05) is 25.5 Å². The second-order valence-corrected chi connectivity index (χ2v) is 4.75. The van der Waals surface area contributed by atoms with Crippen LogP contribution in [0.5, 0.6) is 5.75 Å². The molecule has 0 saturated carbocycles. The van der Waals surface area contributed by atoms with Gasteiger partial charge in [0.2, 0.25) is 0 Å². The van der Waals surface area contributed by atoms with E-state index in [9.17, 15) is 0 Å². The summed E-state index contributed by atoms with van der Waals surface area (Å²) in [5.74, 6) is 0.889. The smallest absolute Gasteiger partial charge is 0.130 e. The summed E-state index contributed by atoms with van der Waals surface area (Å²) in [5, 5.41) is 3.27. The highest BCUT2D eigenvalue weighted by Gasteiger charge is 1.99. The van der Waals surface area contributed by atoms with Crippen molar-refractivity contribution in [3.05, 3.63) is 53.9 Å². The molecular weight excluding hydrogens is 248 g/mol. The fourth-order valence-corrected chi connectivity index (χ4v) is 2.07. The van der Waals surface area contributed by atoms with Gasteiger partial charge in [-0.3, -0.25) is 4.98 Å². The van der Waals surface area contributed by atoms with Gasteiger partial charge in [-0.25, -0.2) is 0 Å². The summed E-state index contributed by atoms with van der Waals surface area (Å²) >= 11 is 0. The molecule has 0 atom stereocenters. The lowest BCUT2D eigenvalue weighted by atomic mass is 10.1. The van der Waals surface area contributed by atoms with Crippen molar-refractivity contribution in [3.63, 3.8) is 0 Å². The third-order valence-electron chi connectivity index (χ3n) is 3.05. The van der Waals surface area contributed by atoms with Crippen molar-refractivity contribution in [2.75, 3.05) is 11.9 Å². The summed E-state index contributed by atoms with van der Waals surface area (Å²) in [4.78, 5) is 4.32. The van der Waals surface area contributed by atoms with Crippen LogP contribution in [0, 0.1) is 0 Å². The molecule has 0 saturated heterocycles. The van der Waals surface area contributed by atoms with Crippen LogP contribution in [-0.4, -0.2) is 11.5 Å². The minimum Gasteiger partial charge on any atom is -0.487 e. The first-order valence-corrected chi connectivity index (χ1v) is 7.22. The molecule has 20 heavy (non-hydrogen) atoms. The van der Waals surface area contributed by atoms with Crippen LogP contribution in [0.25, 0.3) is 0 Å². The lowest BCUT2D eigenvalue weighted by Crippen LogP contribution is -2.01. The summed E-state index contributed by atoms with van der Waals surface area (Å²) in [5.41, 5.74) is 3.37. The van der Waals surface area contributed by atoms with Gasteiger partial charge in [0.1, 0.15) is 12.4 Å². The van der Waals surface area contributed by atoms with E-state index in [0.717, 1.165) is 30.1 Å². The maximum absolute atomic E-state index is 5.77. The van der Waals surface area contributed by atoms with Crippen molar-refractivity contribution in [1.82, 2.24) is 4.98 Å². The van der Waals surface area contributed by atoms with E-state index in [1.807, 2.05) is 24.3 Å². The van der Waals surface area contributed by atoms with Crippen molar-refractivity contribution in [3.8, 4) is 5.75 Å². The molecule has 0 aliphatic carbocycles. The lowest BCUT2D eigenvalue weighted by Gasteiger charge is -2.08. The highest BCUT2D eigenvalue weighted by Crippen LogP contribution is 2.15. The number of anilines is 1. The fourth-order valence-electron chi connectivity index (χ4n) is 2.07. The molecule has 3 nitrogen and oxygen atoms in total. The number of aromatic nitrogens is 1. The van der Waals surface area contributed by atoms with Crippen LogP contribution < -0.4 is 10.1 Å². The molecule has 1 N–H and O–H groups in total. The molecule has 0 aliphatic heterocycles. The van der Waals surface area contributed by atoms with Gasteiger partial charge in [-0.05, 0) is 43.2 Å². The second kappa shape index (κ2) is 7.53. The van der Waals surface area contributed by atoms with Crippen LogP contribution in [0.2, 0.25) is 0 Å². The molecule has 0 amide bonds. The van der Waals surface area contributed by atoms with Gasteiger partial charge in [0, 0.05) is 18.4 Å². The topological polar surface area (TPSA) is 34.1 Å². The van der Waals surface area contributed by atoms with Gasteiger partial charge in [0.05, 0.1) is 5.69 Å². The fraction of sp³-hybridized carbons (Fsp3) is 0.353. The van der Waals surface area contributed by atoms with Crippen LogP contribution in [0.4, 0.5) is 5.69 Å². The van der Waals surface area contributed by atoms with Crippen molar-refractivity contribution in [2.24, 2.45) is 0 Å². The van der Waals surface area contributed by atoms with Gasteiger partial charge in [-0.2, -0.15) is 0 Å². The van der Waals surface area contributed by atoms with E-state index in [2.05, 4.69) is 36.3 Å². The largest absolute Gasteiger partial charge is 0.487 e. The van der Waals surface area contributed by atoms with Gasteiger partial charge in [0.25, 0.3) is 0 Å². The van der Waals surface area contributed by atoms with E-state index in [4.69, 9.17) is 4.74 Å². The quantitative estimate of drug-likeness (QED) is 0.824. The number of hydrogen-bond acceptors (Lipinski definition) is 3. The summed E-state index contributed by atoms with van der Waals surface area (Å²) in [6.07, 6.45) is 4.09. The van der Waals surface area contributed by atoms with Gasteiger partial charge in [0.15, 0.2) is 0 Å². The predicted molar refractivity (Wildman–Crippen MR) is 83.2 cm³/mol. The van der Waals surface area contributed by atoms with Gasteiger partial charge < -0.3 is 10.1 Å². The summed E-state index contributed by atoms with van der Waals surface area (Å²) < 4.78 is 5.77. The molecule has 1 aromatic heterocycles. The summed E-state index contributed by atoms with van der Waals surface area (Å²) in [7, 11) is 0. The normalized spacial score (nSPS) is 10.3. The number of aryl methyl sites for hydroxylation is 1. The number of ether oxygens (including phenoxy) is 1. The monoisotopic (exact) mass is 270 g/mol. The first-order chi connectivity index (χ1) is 9.81. The molecule has 0 fully saturated rings. The Morgan fingerprint density at radius 1 is 1.10 bits per heavy atom. The number of pyridine rings is 1. The first kappa shape index (κ1) is 14.4. The average molecular weight is 270 g/mol. The van der Waals surface area contributed by atoms with E-state index in [1.54, 1.807) is 6.20 Å². The predicted octanol–water partition coefficient (Wildman–Crippen LogP) is 4.04. The molecule has 0 unspecified atom stereocenters. The lowest BCUT2D eigenvalue weighted by molar-refractivity contribution is 0.301. The molecule has 106 valence electrons. The maximum Gasteiger partial charge on any atom is 0.130 e. The Balaban J connectivity index is 1.92. The van der Waals surface area contributed by atoms with Crippen LogP contribution in [-0.2, 0) is 13.0 Å². The van der Waals surface area contributed by atoms with Crippen LogP contribution in [0.15, 0.2) is 42.6 Å². The minimum absolute atomic E-state index is 0.492. The third kappa shape index (κ3) is 4.26. The van der Waals surface area contributed by atoms with E-state index < -0.39 is 0 Å². The molecule has 0 aliphatic rings. The number of nitrogens with one attached hydrogen (secondary N) is 1. The molecule has 2 rings (SSSR count). The van der Waals surface area contributed by atoms with E-state index >= 15 is 0 Å². The number of hydrogen-bond donors (Lipinski definition) is 1. The first-order valence-electron chi connectivity index (χ1n) is 7.22. The van der Waals surface area contributed by atoms with E-state index in [-0.39, 0.29) is 0 Å². The highest BCUT2D eigenvalue weighted by molar-refractivity contribution is 5.42. The van der Waals surface area contributed by atoms with Crippen molar-refractivity contribution < 1.29 is 4.74 Å². The molecule has 3 heteroatoms. The Kier molecular flexibility index (Phi) is 5.42. The van der Waals surface area contributed by atoms with Crippen molar-refractivity contribution in [1.29, 1.82) is 0 Å². The molecule has 1 aromatic carbocycles. The molecule has 0 bridgehead atoms. The average Bonchev–Trinajstić information content (AvgIpc) is 2.48. The molecule has 1 heterocycles. The van der Waals surface area contributed by atoms with Gasteiger partial charge in [-0.15, -0.1) is 0 Å². The second-order valence-electron chi connectivity index (χ2n) is 4.75. The molecular formula is C17H22N2O. The number of nitrogens with zero attached hydrogens (tertiary/aromatic N) is 1. The molecule has 0 radical (unpaired) electrons. The number of rotatable bonds is 7. The van der Waals surface area contributed by atoms with Crippen LogP contribution in [0.3, 0.4) is 0 Å². The van der Waals surface area contributed by atoms with Gasteiger partial charge >= 0.3 is 0 Å². The maximum atomic E-state index is 5.77. The zero-order valence-corrected chi connectivity index (χ0v) is 12.2. The minimum atomic E-state index is 0.492.